The Balaban J connectivity index is 1.79. The van der Waals surface area contributed by atoms with Crippen molar-refractivity contribution in [3.8, 4) is 11.5 Å². The molecule has 25 heavy (non-hydrogen) atoms. The van der Waals surface area contributed by atoms with Gasteiger partial charge < -0.3 is 9.47 Å². The zero-order valence-electron chi connectivity index (χ0n) is 13.5. The Labute approximate surface area is 168 Å². The summed E-state index contributed by atoms with van der Waals surface area (Å²) in [5, 5.41) is 0.867. The van der Waals surface area contributed by atoms with Gasteiger partial charge in [0.2, 0.25) is 0 Å². The molecule has 0 spiro atoms. The predicted molar refractivity (Wildman–Crippen MR) is 107 cm³/mol. The normalized spacial score (nSPS) is 10.4. The SMILES string of the molecule is ClC(Cl)=CCOc1cc(Cl)c(OCCCCc2ccccc2)cc1Cl. The first-order chi connectivity index (χ1) is 12.1. The molecule has 2 aromatic rings. The third kappa shape index (κ3) is 7.37. The number of aryl methyl sites for hydroxylation is 1. The van der Waals surface area contributed by atoms with Crippen LogP contribution in [0.15, 0.2) is 53.0 Å². The van der Waals surface area contributed by atoms with Crippen LogP contribution in [0.5, 0.6) is 11.5 Å². The van der Waals surface area contributed by atoms with Gasteiger partial charge >= 0.3 is 0 Å². The second kappa shape index (κ2) is 10.8. The summed E-state index contributed by atoms with van der Waals surface area (Å²) in [5.74, 6) is 0.999. The van der Waals surface area contributed by atoms with Gasteiger partial charge in [-0.25, -0.2) is 0 Å². The van der Waals surface area contributed by atoms with Crippen LogP contribution in [0.2, 0.25) is 10.0 Å². The summed E-state index contributed by atoms with van der Waals surface area (Å²) in [7, 11) is 0. The van der Waals surface area contributed by atoms with Crippen molar-refractivity contribution < 1.29 is 9.47 Å². The molecule has 0 saturated carbocycles. The van der Waals surface area contributed by atoms with Crippen LogP contribution in [0.4, 0.5) is 0 Å². The van der Waals surface area contributed by atoms with Crippen LogP contribution in [0.1, 0.15) is 18.4 Å². The van der Waals surface area contributed by atoms with E-state index in [-0.39, 0.29) is 11.1 Å². The van der Waals surface area contributed by atoms with Crippen LogP contribution < -0.4 is 9.47 Å². The Morgan fingerprint density at radius 3 is 2.16 bits per heavy atom. The lowest BCUT2D eigenvalue weighted by atomic mass is 10.1. The fourth-order valence-corrected chi connectivity index (χ4v) is 2.73. The Bertz CT molecular complexity index is 698. The van der Waals surface area contributed by atoms with E-state index in [1.54, 1.807) is 12.1 Å². The highest BCUT2D eigenvalue weighted by Crippen LogP contribution is 2.36. The van der Waals surface area contributed by atoms with Crippen LogP contribution in [0.25, 0.3) is 0 Å². The summed E-state index contributed by atoms with van der Waals surface area (Å²) >= 11 is 23.5. The summed E-state index contributed by atoms with van der Waals surface area (Å²) in [6.45, 7) is 0.783. The molecule has 0 aromatic heterocycles. The minimum absolute atomic E-state index is 0.137. The zero-order chi connectivity index (χ0) is 18.1. The Morgan fingerprint density at radius 1 is 0.880 bits per heavy atom. The van der Waals surface area contributed by atoms with Gasteiger partial charge in [-0.2, -0.15) is 0 Å². The number of benzene rings is 2. The van der Waals surface area contributed by atoms with E-state index in [9.17, 15) is 0 Å². The number of rotatable bonds is 9. The van der Waals surface area contributed by atoms with Crippen molar-refractivity contribution in [2.75, 3.05) is 13.2 Å². The molecule has 0 amide bonds. The highest BCUT2D eigenvalue weighted by molar-refractivity contribution is 6.55. The standard InChI is InChI=1S/C19H18Cl4O2/c20-15-13-18(25-11-9-19(22)23)16(21)12-17(15)24-10-5-4-8-14-6-2-1-3-7-14/h1-3,6-7,9,12-13H,4-5,8,10-11H2. The van der Waals surface area contributed by atoms with Gasteiger partial charge in [0.05, 0.1) is 16.7 Å². The minimum atomic E-state index is 0.137. The first-order valence-electron chi connectivity index (χ1n) is 7.86. The quantitative estimate of drug-likeness (QED) is 0.403. The molecule has 2 aromatic carbocycles. The summed E-state index contributed by atoms with van der Waals surface area (Å²) in [4.78, 5) is 0. The Morgan fingerprint density at radius 2 is 1.52 bits per heavy atom. The summed E-state index contributed by atoms with van der Waals surface area (Å²) in [6, 6.07) is 13.7. The van der Waals surface area contributed by atoms with E-state index in [4.69, 9.17) is 55.9 Å². The third-order valence-corrected chi connectivity index (χ3v) is 4.32. The van der Waals surface area contributed by atoms with Crippen LogP contribution in [-0.4, -0.2) is 13.2 Å². The summed E-state index contributed by atoms with van der Waals surface area (Å²) in [5.41, 5.74) is 1.33. The molecule has 0 atom stereocenters. The molecule has 6 heteroatoms. The average Bonchev–Trinajstić information content (AvgIpc) is 2.59. The van der Waals surface area contributed by atoms with E-state index >= 15 is 0 Å². The van der Waals surface area contributed by atoms with Crippen LogP contribution in [0.3, 0.4) is 0 Å². The van der Waals surface area contributed by atoms with E-state index in [2.05, 4.69) is 12.1 Å². The Hall–Kier alpha value is -1.06. The van der Waals surface area contributed by atoms with Crippen molar-refractivity contribution in [2.45, 2.75) is 19.3 Å². The second-order valence-corrected chi connectivity index (χ2v) is 7.13. The molecule has 0 unspecified atom stereocenters. The maximum absolute atomic E-state index is 6.22. The lowest BCUT2D eigenvalue weighted by molar-refractivity contribution is 0.306. The number of halogens is 4. The molecule has 134 valence electrons. The van der Waals surface area contributed by atoms with Gasteiger partial charge in [-0.05, 0) is 30.9 Å². The molecule has 0 bridgehead atoms. The van der Waals surface area contributed by atoms with Crippen molar-refractivity contribution in [3.63, 3.8) is 0 Å². The molecule has 2 nitrogen and oxygen atoms in total. The van der Waals surface area contributed by atoms with Crippen molar-refractivity contribution in [1.29, 1.82) is 0 Å². The van der Waals surface area contributed by atoms with E-state index in [1.165, 1.54) is 11.6 Å². The fraction of sp³-hybridized carbons (Fsp3) is 0.263. The van der Waals surface area contributed by atoms with Crippen LogP contribution in [-0.2, 0) is 6.42 Å². The van der Waals surface area contributed by atoms with Gasteiger partial charge in [0.15, 0.2) is 0 Å². The first-order valence-corrected chi connectivity index (χ1v) is 9.37. The second-order valence-electron chi connectivity index (χ2n) is 5.31. The maximum Gasteiger partial charge on any atom is 0.140 e. The van der Waals surface area contributed by atoms with Gasteiger partial charge in [-0.15, -0.1) is 0 Å². The van der Waals surface area contributed by atoms with E-state index < -0.39 is 0 Å². The van der Waals surface area contributed by atoms with E-state index in [0.29, 0.717) is 28.2 Å². The first kappa shape index (κ1) is 20.3. The molecular weight excluding hydrogens is 402 g/mol. The summed E-state index contributed by atoms with van der Waals surface area (Å²) in [6.07, 6.45) is 4.52. The van der Waals surface area contributed by atoms with Gasteiger partial charge in [-0.1, -0.05) is 76.7 Å². The number of hydrogen-bond donors (Lipinski definition) is 0. The Kier molecular flexibility index (Phi) is 8.77. The molecule has 0 radical (unpaired) electrons. The molecule has 0 N–H and O–H groups in total. The minimum Gasteiger partial charge on any atom is -0.492 e. The molecule has 2 rings (SSSR count). The van der Waals surface area contributed by atoms with Crippen LogP contribution in [0, 0.1) is 0 Å². The highest BCUT2D eigenvalue weighted by Gasteiger charge is 2.09. The molecule has 0 heterocycles. The van der Waals surface area contributed by atoms with Crippen molar-refractivity contribution >= 4 is 46.4 Å². The van der Waals surface area contributed by atoms with Crippen molar-refractivity contribution in [1.82, 2.24) is 0 Å². The molecule has 0 aliphatic heterocycles. The number of ether oxygens (including phenoxy) is 2. The van der Waals surface area contributed by atoms with Gasteiger partial charge in [0, 0.05) is 12.1 Å². The van der Waals surface area contributed by atoms with Crippen molar-refractivity contribution in [2.24, 2.45) is 0 Å². The largest absolute Gasteiger partial charge is 0.492 e. The maximum atomic E-state index is 6.22. The van der Waals surface area contributed by atoms with E-state index in [0.717, 1.165) is 19.3 Å². The predicted octanol–water partition coefficient (Wildman–Crippen LogP) is 7.09. The average molecular weight is 420 g/mol. The highest BCUT2D eigenvalue weighted by atomic mass is 35.5. The molecule has 0 fully saturated rings. The van der Waals surface area contributed by atoms with Gasteiger partial charge in [0.1, 0.15) is 22.6 Å². The van der Waals surface area contributed by atoms with Crippen molar-refractivity contribution in [3.05, 3.63) is 68.6 Å². The van der Waals surface area contributed by atoms with Gasteiger partial charge in [0.25, 0.3) is 0 Å². The fourth-order valence-electron chi connectivity index (χ4n) is 2.18. The molecule has 0 aliphatic carbocycles. The smallest absolute Gasteiger partial charge is 0.140 e. The topological polar surface area (TPSA) is 18.5 Å². The van der Waals surface area contributed by atoms with Gasteiger partial charge in [-0.3, -0.25) is 0 Å². The number of hydrogen-bond acceptors (Lipinski definition) is 2. The monoisotopic (exact) mass is 418 g/mol. The zero-order valence-corrected chi connectivity index (χ0v) is 16.5. The van der Waals surface area contributed by atoms with E-state index in [1.807, 2.05) is 18.2 Å². The summed E-state index contributed by atoms with van der Waals surface area (Å²) < 4.78 is 11.3. The van der Waals surface area contributed by atoms with Crippen LogP contribution >= 0.6 is 46.4 Å². The molecular formula is C19H18Cl4O2. The third-order valence-electron chi connectivity index (χ3n) is 3.42. The lowest BCUT2D eigenvalue weighted by Crippen LogP contribution is -2.00. The molecule has 0 saturated heterocycles. The molecule has 0 aliphatic rings. The lowest BCUT2D eigenvalue weighted by Gasteiger charge is -2.12. The number of unbranched alkanes of at least 4 members (excludes halogenated alkanes) is 1.